The number of unbranched alkanes of at least 4 members (excludes halogenated alkanes) is 1. The molecule has 0 amide bonds. The molecule has 0 bridgehead atoms. The first-order valence-corrected chi connectivity index (χ1v) is 11.6. The first-order valence-electron chi connectivity index (χ1n) is 9.57. The Morgan fingerprint density at radius 3 is 2.36 bits per heavy atom. The molecule has 1 heterocycles. The van der Waals surface area contributed by atoms with Gasteiger partial charge >= 0.3 is 173 Å². The van der Waals surface area contributed by atoms with Crippen LogP contribution in [0.25, 0.3) is 22.0 Å². The van der Waals surface area contributed by atoms with Crippen LogP contribution in [0.15, 0.2) is 36.4 Å². The molecule has 0 aliphatic carbocycles. The van der Waals surface area contributed by atoms with Gasteiger partial charge in [-0.3, -0.25) is 0 Å². The molecule has 3 aromatic rings. The number of rotatable bonds is 7. The molecule has 0 unspecified atom stereocenters. The van der Waals surface area contributed by atoms with Crippen molar-refractivity contribution in [2.75, 3.05) is 6.61 Å². The average Bonchev–Trinajstić information content (AvgIpc) is 2.64. The molecule has 28 heavy (non-hydrogen) atoms. The molecule has 3 rings (SSSR count). The number of aromatic nitrogens is 2. The van der Waals surface area contributed by atoms with Crippen LogP contribution in [0.1, 0.15) is 36.5 Å². The van der Waals surface area contributed by atoms with Crippen molar-refractivity contribution < 1.29 is 9.53 Å². The second-order valence-corrected chi connectivity index (χ2v) is 9.34. The third-order valence-electron chi connectivity index (χ3n) is 4.65. The van der Waals surface area contributed by atoms with Gasteiger partial charge in [0.25, 0.3) is 0 Å². The predicted molar refractivity (Wildman–Crippen MR) is 115 cm³/mol. The van der Waals surface area contributed by atoms with Crippen molar-refractivity contribution in [2.45, 2.75) is 45.9 Å². The minimum atomic E-state index is -0.209. The van der Waals surface area contributed by atoms with E-state index in [0.717, 1.165) is 28.4 Å². The van der Waals surface area contributed by atoms with E-state index in [-0.39, 0.29) is 20.9 Å². The molecule has 0 saturated carbocycles. The van der Waals surface area contributed by atoms with Gasteiger partial charge in [0.2, 0.25) is 0 Å². The molecule has 4 nitrogen and oxygen atoms in total. The normalized spacial score (nSPS) is 11.0. The number of hydrogen-bond acceptors (Lipinski definition) is 4. The van der Waals surface area contributed by atoms with Gasteiger partial charge in [-0.2, -0.15) is 0 Å². The van der Waals surface area contributed by atoms with Crippen molar-refractivity contribution in [1.29, 1.82) is 0 Å². The summed E-state index contributed by atoms with van der Waals surface area (Å²) in [5.41, 5.74) is 5.90. The zero-order valence-corrected chi connectivity index (χ0v) is 18.6. The van der Waals surface area contributed by atoms with Crippen LogP contribution in [0.5, 0.6) is 0 Å². The van der Waals surface area contributed by atoms with Crippen LogP contribution in [-0.4, -0.2) is 37.7 Å². The molecule has 146 valence electrons. The summed E-state index contributed by atoms with van der Waals surface area (Å²) in [5, 5.41) is 12.7. The second kappa shape index (κ2) is 9.31. The first-order chi connectivity index (χ1) is 13.5. The predicted octanol–water partition coefficient (Wildman–Crippen LogP) is 4.31. The summed E-state index contributed by atoms with van der Waals surface area (Å²) in [7, 11) is 0. The van der Waals surface area contributed by atoms with Crippen molar-refractivity contribution in [3.8, 4) is 11.3 Å². The Hall–Kier alpha value is -2.23. The third kappa shape index (κ3) is 4.78. The molecule has 5 heteroatoms. The van der Waals surface area contributed by atoms with E-state index in [2.05, 4.69) is 67.4 Å². The van der Waals surface area contributed by atoms with E-state index in [9.17, 15) is 4.79 Å². The fourth-order valence-corrected chi connectivity index (χ4v) is 5.56. The van der Waals surface area contributed by atoms with Gasteiger partial charge in [0.15, 0.2) is 0 Å². The minimum absolute atomic E-state index is 0.209. The molecular formula is C23H26N2O2Se. The zero-order valence-electron chi connectivity index (χ0n) is 16.9. The number of ether oxygens (including phenoxy) is 1. The molecule has 1 aromatic heterocycles. The number of benzene rings is 2. The van der Waals surface area contributed by atoms with Crippen LogP contribution in [0.4, 0.5) is 0 Å². The Kier molecular flexibility index (Phi) is 6.82. The molecule has 0 radical (unpaired) electrons. The molecule has 0 aliphatic rings. The topological polar surface area (TPSA) is 52.1 Å². The Labute approximate surface area is 172 Å². The third-order valence-corrected chi connectivity index (χ3v) is 6.89. The van der Waals surface area contributed by atoms with Gasteiger partial charge in [-0.1, -0.05) is 0 Å². The molecular weight excluding hydrogens is 415 g/mol. The Morgan fingerprint density at radius 1 is 1.00 bits per heavy atom. The number of esters is 1. The Bertz CT molecular complexity index is 978. The summed E-state index contributed by atoms with van der Waals surface area (Å²) in [6.07, 6.45) is 1.92. The summed E-state index contributed by atoms with van der Waals surface area (Å²) < 4.78 is 6.10. The van der Waals surface area contributed by atoms with E-state index in [1.54, 1.807) is 0 Å². The van der Waals surface area contributed by atoms with Crippen LogP contribution in [0.2, 0.25) is 5.32 Å². The van der Waals surface area contributed by atoms with Gasteiger partial charge in [-0.25, -0.2) is 0 Å². The van der Waals surface area contributed by atoms with Crippen LogP contribution >= 0.6 is 0 Å². The van der Waals surface area contributed by atoms with Crippen molar-refractivity contribution in [3.63, 3.8) is 0 Å². The van der Waals surface area contributed by atoms with Crippen LogP contribution in [-0.2, 0) is 9.53 Å². The second-order valence-electron chi connectivity index (χ2n) is 7.07. The zero-order chi connectivity index (χ0) is 20.1. The van der Waals surface area contributed by atoms with Crippen molar-refractivity contribution in [3.05, 3.63) is 53.1 Å². The van der Waals surface area contributed by atoms with Gasteiger partial charge in [0, 0.05) is 0 Å². The fourth-order valence-electron chi connectivity index (χ4n) is 3.51. The number of fused-ring (bicyclic) bond motifs is 1. The SMILES string of the molecule is CC(=O)OCCCC[Se]c1nnc(-c2c(C)cc(C)cc2C)c2ccccc12. The average molecular weight is 441 g/mol. The number of aryl methyl sites for hydroxylation is 3. The van der Waals surface area contributed by atoms with Crippen molar-refractivity contribution in [2.24, 2.45) is 0 Å². The number of nitrogens with zero attached hydrogens (tertiary/aromatic N) is 2. The van der Waals surface area contributed by atoms with Crippen LogP contribution in [0, 0.1) is 20.8 Å². The molecule has 0 saturated heterocycles. The molecule has 2 aromatic carbocycles. The quantitative estimate of drug-likeness (QED) is 0.312. The Morgan fingerprint density at radius 2 is 1.68 bits per heavy atom. The van der Waals surface area contributed by atoms with Gasteiger partial charge in [0.05, 0.1) is 0 Å². The fraction of sp³-hybridized carbons (Fsp3) is 0.348. The molecule has 0 aliphatic heterocycles. The summed E-state index contributed by atoms with van der Waals surface area (Å²) >= 11 is 0.249. The maximum atomic E-state index is 10.8. The summed E-state index contributed by atoms with van der Waals surface area (Å²) in [5.74, 6) is -0.209. The molecule has 0 spiro atoms. The van der Waals surface area contributed by atoms with E-state index in [0.29, 0.717) is 6.61 Å². The van der Waals surface area contributed by atoms with Gasteiger partial charge < -0.3 is 0 Å². The number of carbonyl (C=O) groups is 1. The van der Waals surface area contributed by atoms with E-state index in [1.807, 2.05) is 0 Å². The van der Waals surface area contributed by atoms with E-state index < -0.39 is 0 Å². The summed E-state index contributed by atoms with van der Waals surface area (Å²) in [4.78, 5) is 10.8. The molecule has 0 fully saturated rings. The monoisotopic (exact) mass is 442 g/mol. The summed E-state index contributed by atoms with van der Waals surface area (Å²) in [6, 6.07) is 12.9. The van der Waals surface area contributed by atoms with Gasteiger partial charge in [-0.05, 0) is 0 Å². The number of hydrogen-bond donors (Lipinski definition) is 0. The van der Waals surface area contributed by atoms with Crippen molar-refractivity contribution >= 4 is 36.3 Å². The summed E-state index contributed by atoms with van der Waals surface area (Å²) in [6.45, 7) is 8.37. The first kappa shape index (κ1) is 20.5. The maximum absolute atomic E-state index is 10.8. The molecule has 0 N–H and O–H groups in total. The van der Waals surface area contributed by atoms with Crippen molar-refractivity contribution in [1.82, 2.24) is 10.2 Å². The van der Waals surface area contributed by atoms with E-state index >= 15 is 0 Å². The van der Waals surface area contributed by atoms with Crippen LogP contribution < -0.4 is 4.59 Å². The standard InChI is InChI=1S/C23H26N2O2Se/c1-15-13-16(2)21(17(3)14-15)22-19-9-5-6-10-20(19)23(25-24-22)28-12-8-7-11-27-18(4)26/h5-6,9-10,13-14H,7-8,11-12H2,1-4H3. The van der Waals surface area contributed by atoms with Gasteiger partial charge in [-0.15, -0.1) is 0 Å². The van der Waals surface area contributed by atoms with Gasteiger partial charge in [0.1, 0.15) is 0 Å². The number of carbonyl (C=O) groups excluding carboxylic acids is 1. The molecule has 0 atom stereocenters. The van der Waals surface area contributed by atoms with E-state index in [1.165, 1.54) is 39.9 Å². The van der Waals surface area contributed by atoms with E-state index in [4.69, 9.17) is 4.74 Å². The Balaban J connectivity index is 1.85. The van der Waals surface area contributed by atoms with Crippen LogP contribution in [0.3, 0.4) is 0 Å².